The topological polar surface area (TPSA) is 46.6 Å². The summed E-state index contributed by atoms with van der Waals surface area (Å²) in [6, 6.07) is 0. The van der Waals surface area contributed by atoms with Crippen LogP contribution in [0.3, 0.4) is 0 Å². The lowest BCUT2D eigenvalue weighted by Crippen LogP contribution is -2.44. The molecule has 0 saturated carbocycles. The Morgan fingerprint density at radius 1 is 1.21 bits per heavy atom. The van der Waals surface area contributed by atoms with Crippen molar-refractivity contribution in [1.82, 2.24) is 4.31 Å². The highest BCUT2D eigenvalue weighted by atomic mass is 32.2. The molecule has 0 unspecified atom stereocenters. The fourth-order valence-corrected chi connectivity index (χ4v) is 3.64. The van der Waals surface area contributed by atoms with Gasteiger partial charge in [0.15, 0.2) is 0 Å². The van der Waals surface area contributed by atoms with E-state index in [2.05, 4.69) is 0 Å². The van der Waals surface area contributed by atoms with E-state index in [0.717, 1.165) is 0 Å². The Morgan fingerprint density at radius 3 is 2.14 bits per heavy atom. The Kier molecular flexibility index (Phi) is 4.34. The van der Waals surface area contributed by atoms with Crippen molar-refractivity contribution in [2.75, 3.05) is 26.3 Å². The second kappa shape index (κ2) is 5.09. The molecule has 0 spiro atoms. The molecule has 0 radical (unpaired) electrons. The molecule has 1 heterocycles. The molecule has 5 heteroatoms. The maximum absolute atomic E-state index is 12.0. The van der Waals surface area contributed by atoms with E-state index in [1.165, 1.54) is 0 Å². The van der Waals surface area contributed by atoms with Gasteiger partial charge in [0.2, 0.25) is 10.0 Å². The quantitative estimate of drug-likeness (QED) is 0.706. The van der Waals surface area contributed by atoms with Gasteiger partial charge in [0.05, 0.1) is 18.5 Å². The minimum atomic E-state index is -3.07. The van der Waals surface area contributed by atoms with E-state index in [9.17, 15) is 8.42 Å². The molecule has 1 fully saturated rings. The first-order valence-corrected chi connectivity index (χ1v) is 6.70. The molecular weight excluding hydrogens is 202 g/mol. The summed E-state index contributed by atoms with van der Waals surface area (Å²) < 4.78 is 30.7. The summed E-state index contributed by atoms with van der Waals surface area (Å²) >= 11 is 0. The van der Waals surface area contributed by atoms with Crippen molar-refractivity contribution in [3.8, 4) is 0 Å². The van der Waals surface area contributed by atoms with Gasteiger partial charge in [-0.15, -0.1) is 0 Å². The van der Waals surface area contributed by atoms with Crippen molar-refractivity contribution >= 4 is 10.0 Å². The van der Waals surface area contributed by atoms with Gasteiger partial charge in [-0.05, 0) is 12.8 Å². The summed E-state index contributed by atoms with van der Waals surface area (Å²) in [6.45, 7) is 5.93. The standard InChI is InChI=1S/C9H19NO3S/c1-3-9(4-2)14(11,12)10-5-7-13-8-6-10/h9H,3-8H2,1-2H3. The Balaban J connectivity index is 2.71. The number of morpholine rings is 1. The molecule has 0 amide bonds. The molecule has 4 nitrogen and oxygen atoms in total. The highest BCUT2D eigenvalue weighted by Gasteiger charge is 2.30. The van der Waals surface area contributed by atoms with Crippen LogP contribution in [0.15, 0.2) is 0 Å². The lowest BCUT2D eigenvalue weighted by Gasteiger charge is -2.29. The number of sulfonamides is 1. The third-order valence-corrected chi connectivity index (χ3v) is 5.26. The van der Waals surface area contributed by atoms with Crippen LogP contribution < -0.4 is 0 Å². The van der Waals surface area contributed by atoms with Gasteiger partial charge in [-0.25, -0.2) is 8.42 Å². The zero-order valence-electron chi connectivity index (χ0n) is 8.90. The number of nitrogens with zero attached hydrogens (tertiary/aromatic N) is 1. The van der Waals surface area contributed by atoms with Crippen LogP contribution in [0.1, 0.15) is 26.7 Å². The van der Waals surface area contributed by atoms with Crippen LogP contribution >= 0.6 is 0 Å². The molecule has 0 atom stereocenters. The molecule has 0 aromatic carbocycles. The van der Waals surface area contributed by atoms with Crippen LogP contribution in [0.4, 0.5) is 0 Å². The van der Waals surface area contributed by atoms with Crippen molar-refractivity contribution < 1.29 is 13.2 Å². The molecule has 14 heavy (non-hydrogen) atoms. The lowest BCUT2D eigenvalue weighted by atomic mass is 10.3. The van der Waals surface area contributed by atoms with Gasteiger partial charge in [-0.2, -0.15) is 4.31 Å². The first kappa shape index (κ1) is 11.9. The molecule has 0 N–H and O–H groups in total. The molecule has 1 aliphatic rings. The Hall–Kier alpha value is -0.130. The summed E-state index contributed by atoms with van der Waals surface area (Å²) in [6.07, 6.45) is 1.38. The van der Waals surface area contributed by atoms with Gasteiger partial charge in [0.25, 0.3) is 0 Å². The summed E-state index contributed by atoms with van der Waals surface area (Å²) in [7, 11) is -3.07. The van der Waals surface area contributed by atoms with E-state index < -0.39 is 10.0 Å². The molecular formula is C9H19NO3S. The Bertz CT molecular complexity index is 253. The van der Waals surface area contributed by atoms with E-state index >= 15 is 0 Å². The zero-order chi connectivity index (χ0) is 10.6. The van der Waals surface area contributed by atoms with Crippen LogP contribution in [0.5, 0.6) is 0 Å². The second-order valence-electron chi connectivity index (χ2n) is 3.49. The van der Waals surface area contributed by atoms with E-state index in [-0.39, 0.29) is 5.25 Å². The molecule has 1 rings (SSSR count). The fraction of sp³-hybridized carbons (Fsp3) is 1.00. The number of hydrogen-bond acceptors (Lipinski definition) is 3. The fourth-order valence-electron chi connectivity index (χ4n) is 1.72. The predicted octanol–water partition coefficient (Wildman–Crippen LogP) is 0.837. The van der Waals surface area contributed by atoms with Crippen LogP contribution in [0.2, 0.25) is 0 Å². The van der Waals surface area contributed by atoms with Gasteiger partial charge in [-0.1, -0.05) is 13.8 Å². The second-order valence-corrected chi connectivity index (χ2v) is 5.71. The monoisotopic (exact) mass is 221 g/mol. The third kappa shape index (κ3) is 2.46. The zero-order valence-corrected chi connectivity index (χ0v) is 9.72. The van der Waals surface area contributed by atoms with Crippen LogP contribution in [0, 0.1) is 0 Å². The van der Waals surface area contributed by atoms with E-state index in [0.29, 0.717) is 39.1 Å². The first-order chi connectivity index (χ1) is 6.62. The number of rotatable bonds is 4. The largest absolute Gasteiger partial charge is 0.379 e. The molecule has 84 valence electrons. The maximum Gasteiger partial charge on any atom is 0.217 e. The SMILES string of the molecule is CCC(CC)S(=O)(=O)N1CCOCC1. The predicted molar refractivity (Wildman–Crippen MR) is 55.7 cm³/mol. The maximum atomic E-state index is 12.0. The summed E-state index contributed by atoms with van der Waals surface area (Å²) in [5.74, 6) is 0. The van der Waals surface area contributed by atoms with Crippen molar-refractivity contribution in [1.29, 1.82) is 0 Å². The Morgan fingerprint density at radius 2 is 1.71 bits per heavy atom. The van der Waals surface area contributed by atoms with Gasteiger partial charge in [-0.3, -0.25) is 0 Å². The van der Waals surface area contributed by atoms with Gasteiger partial charge < -0.3 is 4.74 Å². The molecule has 1 aliphatic heterocycles. The van der Waals surface area contributed by atoms with E-state index in [1.807, 2.05) is 13.8 Å². The summed E-state index contributed by atoms with van der Waals surface area (Å²) in [5.41, 5.74) is 0. The van der Waals surface area contributed by atoms with Gasteiger partial charge in [0, 0.05) is 13.1 Å². The number of ether oxygens (including phenoxy) is 1. The molecule has 0 aromatic rings. The number of hydrogen-bond donors (Lipinski definition) is 0. The van der Waals surface area contributed by atoms with Crippen LogP contribution in [-0.4, -0.2) is 44.3 Å². The third-order valence-electron chi connectivity index (χ3n) is 2.66. The minimum Gasteiger partial charge on any atom is -0.379 e. The van der Waals surface area contributed by atoms with Crippen LogP contribution in [-0.2, 0) is 14.8 Å². The smallest absolute Gasteiger partial charge is 0.217 e. The first-order valence-electron chi connectivity index (χ1n) is 5.19. The average molecular weight is 221 g/mol. The molecule has 0 bridgehead atoms. The van der Waals surface area contributed by atoms with Gasteiger partial charge >= 0.3 is 0 Å². The normalized spacial score (nSPS) is 20.2. The van der Waals surface area contributed by atoms with E-state index in [4.69, 9.17) is 4.74 Å². The average Bonchev–Trinajstić information content (AvgIpc) is 2.20. The lowest BCUT2D eigenvalue weighted by molar-refractivity contribution is 0.0725. The molecule has 0 aliphatic carbocycles. The Labute approximate surface area is 86.3 Å². The van der Waals surface area contributed by atoms with Crippen molar-refractivity contribution in [3.63, 3.8) is 0 Å². The highest BCUT2D eigenvalue weighted by molar-refractivity contribution is 7.89. The minimum absolute atomic E-state index is 0.222. The van der Waals surface area contributed by atoms with Gasteiger partial charge in [0.1, 0.15) is 0 Å². The van der Waals surface area contributed by atoms with E-state index in [1.54, 1.807) is 4.31 Å². The highest BCUT2D eigenvalue weighted by Crippen LogP contribution is 2.16. The molecule has 1 saturated heterocycles. The molecule has 0 aromatic heterocycles. The van der Waals surface area contributed by atoms with Crippen molar-refractivity contribution in [2.24, 2.45) is 0 Å². The van der Waals surface area contributed by atoms with Crippen molar-refractivity contribution in [3.05, 3.63) is 0 Å². The van der Waals surface area contributed by atoms with Crippen molar-refractivity contribution in [2.45, 2.75) is 31.9 Å². The summed E-state index contributed by atoms with van der Waals surface area (Å²) in [5, 5.41) is -0.222. The summed E-state index contributed by atoms with van der Waals surface area (Å²) in [4.78, 5) is 0. The van der Waals surface area contributed by atoms with Crippen LogP contribution in [0.25, 0.3) is 0 Å².